The van der Waals surface area contributed by atoms with E-state index in [4.69, 9.17) is 0 Å². The number of nitrogens with zero attached hydrogens (tertiary/aromatic N) is 1. The first-order valence-corrected chi connectivity index (χ1v) is 7.24. The average molecular weight is 233 g/mol. The van der Waals surface area contributed by atoms with Crippen LogP contribution in [-0.2, 0) is 10.0 Å². The van der Waals surface area contributed by atoms with Crippen molar-refractivity contribution < 1.29 is 8.42 Å². The van der Waals surface area contributed by atoms with Gasteiger partial charge in [-0.15, -0.1) is 0 Å². The lowest BCUT2D eigenvalue weighted by Gasteiger charge is -2.36. The van der Waals surface area contributed by atoms with Crippen molar-refractivity contribution in [2.75, 3.05) is 19.3 Å². The zero-order valence-electron chi connectivity index (χ0n) is 10.7. The molecule has 0 amide bonds. The van der Waals surface area contributed by atoms with Gasteiger partial charge in [0.15, 0.2) is 0 Å². The fourth-order valence-electron chi connectivity index (χ4n) is 2.78. The third kappa shape index (κ3) is 2.72. The Labute approximate surface area is 93.9 Å². The minimum Gasteiger partial charge on any atom is -0.213 e. The van der Waals surface area contributed by atoms with Crippen LogP contribution in [0, 0.1) is 16.7 Å². The van der Waals surface area contributed by atoms with Crippen LogP contribution in [0.3, 0.4) is 0 Å². The molecule has 0 spiro atoms. The predicted molar refractivity (Wildman–Crippen MR) is 63.1 cm³/mol. The molecule has 1 fully saturated rings. The van der Waals surface area contributed by atoms with Crippen molar-refractivity contribution in [1.82, 2.24) is 4.31 Å². The highest BCUT2D eigenvalue weighted by atomic mass is 32.2. The molecule has 1 saturated heterocycles. The van der Waals surface area contributed by atoms with Crippen LogP contribution in [0.25, 0.3) is 0 Å². The fourth-order valence-corrected chi connectivity index (χ4v) is 3.77. The van der Waals surface area contributed by atoms with E-state index in [0.29, 0.717) is 19.0 Å². The first kappa shape index (κ1) is 13.0. The zero-order valence-corrected chi connectivity index (χ0v) is 11.5. The van der Waals surface area contributed by atoms with Crippen LogP contribution in [-0.4, -0.2) is 32.1 Å². The van der Waals surface area contributed by atoms with Crippen molar-refractivity contribution in [2.45, 2.75) is 34.6 Å². The molecule has 1 aliphatic rings. The molecule has 0 radical (unpaired) electrons. The molecule has 0 aromatic heterocycles. The van der Waals surface area contributed by atoms with Crippen LogP contribution in [0.2, 0.25) is 0 Å². The highest BCUT2D eigenvalue weighted by Gasteiger charge is 2.47. The SMILES string of the molecule is CC(C)(C)C1CN(S(C)(=O)=O)CC1(C)C. The first-order chi connectivity index (χ1) is 6.44. The van der Waals surface area contributed by atoms with Crippen LogP contribution in [0.15, 0.2) is 0 Å². The summed E-state index contributed by atoms with van der Waals surface area (Å²) in [6.45, 7) is 12.2. The van der Waals surface area contributed by atoms with E-state index in [1.54, 1.807) is 4.31 Å². The van der Waals surface area contributed by atoms with Crippen LogP contribution in [0.1, 0.15) is 34.6 Å². The van der Waals surface area contributed by atoms with Gasteiger partial charge in [0.25, 0.3) is 0 Å². The Morgan fingerprint density at radius 1 is 1.27 bits per heavy atom. The van der Waals surface area contributed by atoms with Gasteiger partial charge in [0.05, 0.1) is 6.26 Å². The van der Waals surface area contributed by atoms with Crippen LogP contribution < -0.4 is 0 Å². The Kier molecular flexibility index (Phi) is 2.99. The quantitative estimate of drug-likeness (QED) is 0.694. The Bertz CT molecular complexity index is 338. The second kappa shape index (κ2) is 3.45. The molecular formula is C11H23NO2S. The minimum atomic E-state index is -3.03. The van der Waals surface area contributed by atoms with Gasteiger partial charge >= 0.3 is 0 Å². The first-order valence-electron chi connectivity index (χ1n) is 5.40. The fraction of sp³-hybridized carbons (Fsp3) is 1.00. The van der Waals surface area contributed by atoms with Crippen LogP contribution in [0.4, 0.5) is 0 Å². The van der Waals surface area contributed by atoms with E-state index in [1.807, 2.05) is 0 Å². The third-order valence-corrected chi connectivity index (χ3v) is 4.64. The topological polar surface area (TPSA) is 37.4 Å². The molecule has 15 heavy (non-hydrogen) atoms. The molecule has 0 saturated carbocycles. The molecule has 1 rings (SSSR count). The van der Waals surface area contributed by atoms with E-state index in [9.17, 15) is 8.42 Å². The van der Waals surface area contributed by atoms with Gasteiger partial charge < -0.3 is 0 Å². The molecule has 90 valence electrons. The minimum absolute atomic E-state index is 0.0708. The van der Waals surface area contributed by atoms with E-state index in [2.05, 4.69) is 34.6 Å². The van der Waals surface area contributed by atoms with Gasteiger partial charge in [-0.1, -0.05) is 34.6 Å². The van der Waals surface area contributed by atoms with Gasteiger partial charge in [0.1, 0.15) is 0 Å². The molecule has 1 aliphatic heterocycles. The molecule has 1 heterocycles. The van der Waals surface area contributed by atoms with Crippen molar-refractivity contribution in [3.05, 3.63) is 0 Å². The number of hydrogen-bond donors (Lipinski definition) is 0. The summed E-state index contributed by atoms with van der Waals surface area (Å²) in [7, 11) is -3.03. The van der Waals surface area contributed by atoms with E-state index >= 15 is 0 Å². The van der Waals surface area contributed by atoms with E-state index in [0.717, 1.165) is 0 Å². The second-order valence-electron chi connectivity index (χ2n) is 6.46. The van der Waals surface area contributed by atoms with E-state index < -0.39 is 10.0 Å². The Balaban J connectivity index is 2.97. The van der Waals surface area contributed by atoms with Crippen molar-refractivity contribution in [3.8, 4) is 0 Å². The highest BCUT2D eigenvalue weighted by Crippen LogP contribution is 2.45. The molecule has 0 aromatic carbocycles. The summed E-state index contributed by atoms with van der Waals surface area (Å²) in [6.07, 6.45) is 1.30. The number of sulfonamides is 1. The monoisotopic (exact) mass is 233 g/mol. The van der Waals surface area contributed by atoms with Gasteiger partial charge in [0.2, 0.25) is 10.0 Å². The maximum atomic E-state index is 11.5. The lowest BCUT2D eigenvalue weighted by Crippen LogP contribution is -2.33. The second-order valence-corrected chi connectivity index (χ2v) is 8.45. The van der Waals surface area contributed by atoms with Gasteiger partial charge in [-0.05, 0) is 16.7 Å². The standard InChI is InChI=1S/C11H23NO2S/c1-10(2,3)9-7-12(15(6,13)14)8-11(9,4)5/h9H,7-8H2,1-6H3. The Morgan fingerprint density at radius 3 is 1.93 bits per heavy atom. The summed E-state index contributed by atoms with van der Waals surface area (Å²) in [5, 5.41) is 0. The van der Waals surface area contributed by atoms with Gasteiger partial charge in [-0.3, -0.25) is 0 Å². The molecule has 0 N–H and O–H groups in total. The summed E-state index contributed by atoms with van der Waals surface area (Å²) in [5.41, 5.74) is 0.226. The molecule has 0 aromatic rings. The van der Waals surface area contributed by atoms with Gasteiger partial charge in [-0.25, -0.2) is 12.7 Å². The maximum Gasteiger partial charge on any atom is 0.211 e. The maximum absolute atomic E-state index is 11.5. The largest absolute Gasteiger partial charge is 0.213 e. The van der Waals surface area contributed by atoms with E-state index in [1.165, 1.54) is 6.26 Å². The molecule has 1 unspecified atom stereocenters. The summed E-state index contributed by atoms with van der Waals surface area (Å²) in [6, 6.07) is 0. The highest BCUT2D eigenvalue weighted by molar-refractivity contribution is 7.88. The Hall–Kier alpha value is -0.0900. The van der Waals surface area contributed by atoms with Gasteiger partial charge in [0, 0.05) is 13.1 Å². The summed E-state index contributed by atoms with van der Waals surface area (Å²) in [5.74, 6) is 0.416. The lowest BCUT2D eigenvalue weighted by atomic mass is 9.68. The molecule has 3 nitrogen and oxygen atoms in total. The summed E-state index contributed by atoms with van der Waals surface area (Å²) in [4.78, 5) is 0. The number of rotatable bonds is 1. The Morgan fingerprint density at radius 2 is 1.73 bits per heavy atom. The number of hydrogen-bond acceptors (Lipinski definition) is 2. The van der Waals surface area contributed by atoms with Gasteiger partial charge in [-0.2, -0.15) is 0 Å². The smallest absolute Gasteiger partial charge is 0.211 e. The van der Waals surface area contributed by atoms with Crippen molar-refractivity contribution >= 4 is 10.0 Å². The van der Waals surface area contributed by atoms with Crippen molar-refractivity contribution in [3.63, 3.8) is 0 Å². The van der Waals surface area contributed by atoms with Crippen molar-refractivity contribution in [1.29, 1.82) is 0 Å². The molecule has 0 aliphatic carbocycles. The summed E-state index contributed by atoms with van der Waals surface area (Å²) >= 11 is 0. The summed E-state index contributed by atoms with van der Waals surface area (Å²) < 4.78 is 24.7. The lowest BCUT2D eigenvalue weighted by molar-refractivity contribution is 0.140. The molecular weight excluding hydrogens is 210 g/mol. The van der Waals surface area contributed by atoms with Crippen molar-refractivity contribution in [2.24, 2.45) is 16.7 Å². The molecule has 1 atom stereocenters. The molecule has 4 heteroatoms. The zero-order chi connectivity index (χ0) is 12.1. The third-order valence-electron chi connectivity index (χ3n) is 3.43. The van der Waals surface area contributed by atoms with E-state index in [-0.39, 0.29) is 10.8 Å². The normalized spacial score (nSPS) is 28.3. The molecule has 0 bridgehead atoms. The van der Waals surface area contributed by atoms with Crippen LogP contribution >= 0.6 is 0 Å². The van der Waals surface area contributed by atoms with Crippen LogP contribution in [0.5, 0.6) is 0 Å². The average Bonchev–Trinajstić information content (AvgIpc) is 2.22. The predicted octanol–water partition coefficient (Wildman–Crippen LogP) is 1.95.